The highest BCUT2D eigenvalue weighted by molar-refractivity contribution is 7.87. The van der Waals surface area contributed by atoms with E-state index in [2.05, 4.69) is 20.3 Å². The molecule has 0 radical (unpaired) electrons. The molecule has 2 aliphatic carbocycles. The van der Waals surface area contributed by atoms with Gasteiger partial charge in [0.15, 0.2) is 0 Å². The van der Waals surface area contributed by atoms with E-state index in [1.54, 1.807) is 50.8 Å². The number of aromatic amines is 1. The van der Waals surface area contributed by atoms with Gasteiger partial charge in [-0.2, -0.15) is 12.7 Å². The average Bonchev–Trinajstić information content (AvgIpc) is 3.72. The van der Waals surface area contributed by atoms with Crippen LogP contribution in [0.4, 0.5) is 14.9 Å². The number of likely N-dealkylation sites (tertiary alicyclic amines) is 1. The van der Waals surface area contributed by atoms with E-state index in [1.807, 2.05) is 0 Å². The smallest absolute Gasteiger partial charge is 0.404 e. The Balaban J connectivity index is 1.31. The summed E-state index contributed by atoms with van der Waals surface area (Å²) in [4.78, 5) is 57.1. The summed E-state index contributed by atoms with van der Waals surface area (Å²) in [6.45, 7) is 6.63. The minimum atomic E-state index is -4.10. The molecule has 15 heteroatoms. The molecule has 5 N–H and O–H groups in total. The van der Waals surface area contributed by atoms with Crippen molar-refractivity contribution in [1.82, 2.24) is 24.2 Å². The third-order valence-corrected chi connectivity index (χ3v) is 12.9. The van der Waals surface area contributed by atoms with Gasteiger partial charge in [-0.15, -0.1) is 0 Å². The number of fused-ring (bicyclic) bond motifs is 1. The minimum absolute atomic E-state index is 0.0192. The number of anilines is 1. The van der Waals surface area contributed by atoms with Crippen molar-refractivity contribution in [1.29, 1.82) is 0 Å². The molecule has 1 aliphatic heterocycles. The maximum atomic E-state index is 14.2. The minimum Gasteiger partial charge on any atom is -0.465 e. The second-order valence-corrected chi connectivity index (χ2v) is 16.7. The predicted molar refractivity (Wildman–Crippen MR) is 192 cm³/mol. The summed E-state index contributed by atoms with van der Waals surface area (Å²) < 4.78 is 43.0. The molecular formula is C36H53FN6O7S. The Morgan fingerprint density at radius 1 is 0.961 bits per heavy atom. The Morgan fingerprint density at radius 2 is 1.63 bits per heavy atom. The van der Waals surface area contributed by atoms with Crippen molar-refractivity contribution in [2.75, 3.05) is 18.5 Å². The van der Waals surface area contributed by atoms with Crippen molar-refractivity contribution in [2.24, 2.45) is 23.7 Å². The van der Waals surface area contributed by atoms with Gasteiger partial charge in [0.05, 0.1) is 6.04 Å². The van der Waals surface area contributed by atoms with E-state index >= 15 is 0 Å². The summed E-state index contributed by atoms with van der Waals surface area (Å²) in [6, 6.07) is 4.52. The van der Waals surface area contributed by atoms with Crippen molar-refractivity contribution in [3.8, 4) is 0 Å². The Morgan fingerprint density at radius 3 is 2.24 bits per heavy atom. The molecule has 1 saturated heterocycles. The molecule has 282 valence electrons. The molecule has 2 saturated carbocycles. The van der Waals surface area contributed by atoms with Gasteiger partial charge in [-0.3, -0.25) is 14.4 Å². The number of amides is 4. The van der Waals surface area contributed by atoms with E-state index in [0.29, 0.717) is 54.7 Å². The number of hydrogen-bond donors (Lipinski definition) is 5. The van der Waals surface area contributed by atoms with Crippen LogP contribution in [-0.2, 0) is 19.8 Å². The molecule has 13 nitrogen and oxygen atoms in total. The van der Waals surface area contributed by atoms with Gasteiger partial charge in [0, 0.05) is 41.1 Å². The molecule has 3 aliphatic rings. The highest BCUT2D eigenvalue weighted by Crippen LogP contribution is 2.41. The molecule has 4 amide bonds. The molecule has 0 bridgehead atoms. The fourth-order valence-corrected chi connectivity index (χ4v) is 10.4. The predicted octanol–water partition coefficient (Wildman–Crippen LogP) is 5.41. The Kier molecular flexibility index (Phi) is 12.3. The quantitative estimate of drug-likeness (QED) is 0.194. The van der Waals surface area contributed by atoms with E-state index in [-0.39, 0.29) is 47.3 Å². The van der Waals surface area contributed by atoms with Gasteiger partial charge in [-0.25, -0.2) is 13.9 Å². The van der Waals surface area contributed by atoms with Crippen LogP contribution in [0.25, 0.3) is 10.9 Å². The van der Waals surface area contributed by atoms with E-state index in [4.69, 9.17) is 5.11 Å². The van der Waals surface area contributed by atoms with Crippen molar-refractivity contribution in [3.63, 3.8) is 0 Å². The first-order valence-electron chi connectivity index (χ1n) is 18.3. The number of aromatic nitrogens is 1. The molecule has 3 atom stereocenters. The van der Waals surface area contributed by atoms with Gasteiger partial charge < -0.3 is 25.6 Å². The number of hydrogen-bond acceptors (Lipinski definition) is 6. The lowest BCUT2D eigenvalue weighted by Gasteiger charge is -2.37. The summed E-state index contributed by atoms with van der Waals surface area (Å²) in [5.41, 5.74) is 1.13. The molecule has 5 rings (SSSR count). The zero-order valence-electron chi connectivity index (χ0n) is 30.0. The fraction of sp³-hybridized carbons (Fsp3) is 0.667. The maximum absolute atomic E-state index is 14.2. The molecule has 2 heterocycles. The summed E-state index contributed by atoms with van der Waals surface area (Å²) in [5.74, 6) is -1.29. The van der Waals surface area contributed by atoms with E-state index in [0.717, 1.165) is 32.1 Å². The monoisotopic (exact) mass is 732 g/mol. The largest absolute Gasteiger partial charge is 0.465 e. The van der Waals surface area contributed by atoms with Crippen molar-refractivity contribution < 1.29 is 37.1 Å². The topological polar surface area (TPSA) is 181 Å². The molecule has 2 aromatic rings. The van der Waals surface area contributed by atoms with Crippen molar-refractivity contribution in [3.05, 3.63) is 30.0 Å². The number of carboxylic acid groups (broad SMARTS) is 1. The standard InChI is InChI=1S/C36H53FN6O7S/c1-21(2)43(22(3)4)51(49,50)41-33(44)30-19-26-18-27(14-15-29(26)39-30)38-34(45)32-28(23-8-6-5-7-9-23)16-17-42(32)35(46)25-12-10-24(11-13-25)31(20-37)40-36(47)48/h14-15,18-19,21-25,28,31-32,39-40H,5-13,16-17,20H2,1-4H3,(H,38,45)(H,41,44)(H,47,48)/t24?,25?,28-,31+,32-/m0/s1. The van der Waals surface area contributed by atoms with Crippen LogP contribution in [0.3, 0.4) is 0 Å². The van der Waals surface area contributed by atoms with Crippen LogP contribution in [0.2, 0.25) is 0 Å². The third-order valence-electron chi connectivity index (χ3n) is 11.1. The third kappa shape index (κ3) is 8.85. The number of benzene rings is 1. The zero-order valence-corrected chi connectivity index (χ0v) is 30.8. The molecule has 1 aromatic heterocycles. The normalized spacial score (nSPS) is 23.9. The fourth-order valence-electron chi connectivity index (χ4n) is 8.82. The first-order chi connectivity index (χ1) is 24.2. The first-order valence-corrected chi connectivity index (χ1v) is 19.8. The van der Waals surface area contributed by atoms with Gasteiger partial charge in [0.1, 0.15) is 18.4 Å². The maximum Gasteiger partial charge on any atom is 0.404 e. The molecule has 0 spiro atoms. The number of rotatable bonds is 12. The van der Waals surface area contributed by atoms with Gasteiger partial charge >= 0.3 is 16.3 Å². The lowest BCUT2D eigenvalue weighted by Crippen LogP contribution is -2.50. The summed E-state index contributed by atoms with van der Waals surface area (Å²) in [6.07, 6.45) is 6.94. The molecule has 0 unspecified atom stereocenters. The van der Waals surface area contributed by atoms with Gasteiger partial charge in [-0.05, 0) is 102 Å². The van der Waals surface area contributed by atoms with Gasteiger partial charge in [-0.1, -0.05) is 32.1 Å². The van der Waals surface area contributed by atoms with Crippen LogP contribution in [0, 0.1) is 23.7 Å². The average molecular weight is 733 g/mol. The molecular weight excluding hydrogens is 679 g/mol. The zero-order chi connectivity index (χ0) is 37.0. The number of nitrogens with zero attached hydrogens (tertiary/aromatic N) is 2. The number of alkyl halides is 1. The summed E-state index contributed by atoms with van der Waals surface area (Å²) in [7, 11) is -4.10. The Labute approximate surface area is 299 Å². The van der Waals surface area contributed by atoms with E-state index in [1.165, 1.54) is 16.8 Å². The van der Waals surface area contributed by atoms with Crippen LogP contribution >= 0.6 is 0 Å². The summed E-state index contributed by atoms with van der Waals surface area (Å²) in [5, 5.41) is 15.0. The number of carbonyl (C=O) groups excluding carboxylic acids is 3. The second-order valence-electron chi connectivity index (χ2n) is 15.1. The van der Waals surface area contributed by atoms with Crippen molar-refractivity contribution in [2.45, 2.75) is 116 Å². The summed E-state index contributed by atoms with van der Waals surface area (Å²) >= 11 is 0. The lowest BCUT2D eigenvalue weighted by atomic mass is 9.76. The van der Waals surface area contributed by atoms with Crippen LogP contribution in [-0.4, -0.2) is 88.9 Å². The van der Waals surface area contributed by atoms with E-state index in [9.17, 15) is 32.0 Å². The lowest BCUT2D eigenvalue weighted by molar-refractivity contribution is -0.142. The van der Waals surface area contributed by atoms with Crippen molar-refractivity contribution >= 4 is 50.6 Å². The van der Waals surface area contributed by atoms with E-state index < -0.39 is 41.0 Å². The van der Waals surface area contributed by atoms with Crippen LogP contribution in [0.5, 0.6) is 0 Å². The van der Waals surface area contributed by atoms with Gasteiger partial charge in [0.25, 0.3) is 5.91 Å². The molecule has 3 fully saturated rings. The second kappa shape index (κ2) is 16.3. The highest BCUT2D eigenvalue weighted by Gasteiger charge is 2.47. The van der Waals surface area contributed by atoms with Crippen LogP contribution < -0.4 is 15.4 Å². The highest BCUT2D eigenvalue weighted by atomic mass is 32.2. The Bertz CT molecular complexity index is 1680. The number of carbonyl (C=O) groups is 4. The first kappa shape index (κ1) is 38.5. The molecule has 51 heavy (non-hydrogen) atoms. The Hall–Kier alpha value is -3.72. The SMILES string of the molecule is CC(C)N(C(C)C)S(=O)(=O)NC(=O)c1cc2cc(NC(=O)[C@@H]3[C@H](C4CCCCC4)CCN3C(=O)C3CCC([C@@H](CF)NC(=O)O)CC3)ccc2[nH]1. The number of halogens is 1. The van der Waals surface area contributed by atoms with Crippen LogP contribution in [0.1, 0.15) is 102 Å². The number of nitrogens with one attached hydrogen (secondary N) is 4. The van der Waals surface area contributed by atoms with Crippen LogP contribution in [0.15, 0.2) is 24.3 Å². The van der Waals surface area contributed by atoms with Gasteiger partial charge in [0.2, 0.25) is 11.8 Å². The molecule has 1 aromatic carbocycles. The number of H-pyrrole nitrogens is 1.